The van der Waals surface area contributed by atoms with Crippen LogP contribution in [0, 0.1) is 27.8 Å². The molecule has 0 radical (unpaired) electrons. The van der Waals surface area contributed by atoms with Gasteiger partial charge in [-0.3, -0.25) is 10.1 Å². The first-order valence-electron chi connectivity index (χ1n) is 4.19. The first-order valence-corrected chi connectivity index (χ1v) is 4.19. The number of nitrogens with zero attached hydrogens (tertiary/aromatic N) is 1. The molecule has 0 saturated heterocycles. The summed E-state index contributed by atoms with van der Waals surface area (Å²) in [6, 6.07) is 3.18. The monoisotopic (exact) mass is 209 g/mol. The fraction of sp³-hybridized carbons (Fsp3) is 0.200. The summed E-state index contributed by atoms with van der Waals surface area (Å²) in [5.41, 5.74) is -0.213. The van der Waals surface area contributed by atoms with E-state index in [1.165, 1.54) is 6.07 Å². The van der Waals surface area contributed by atoms with Crippen LogP contribution in [0.15, 0.2) is 18.2 Å². The van der Waals surface area contributed by atoms with Crippen molar-refractivity contribution in [3.05, 3.63) is 39.7 Å². The van der Waals surface area contributed by atoms with Gasteiger partial charge in [-0.05, 0) is 12.1 Å². The molecule has 1 aromatic rings. The van der Waals surface area contributed by atoms with Crippen LogP contribution >= 0.6 is 0 Å². The van der Waals surface area contributed by atoms with Gasteiger partial charge >= 0.3 is 0 Å². The van der Waals surface area contributed by atoms with Crippen LogP contribution in [0.5, 0.6) is 0 Å². The van der Waals surface area contributed by atoms with Crippen LogP contribution in [-0.4, -0.2) is 16.6 Å². The van der Waals surface area contributed by atoms with E-state index in [1.807, 2.05) is 0 Å². The van der Waals surface area contributed by atoms with Gasteiger partial charge in [-0.25, -0.2) is 4.39 Å². The number of halogens is 1. The molecular formula is C10H8FNO3. The van der Waals surface area contributed by atoms with Gasteiger partial charge in [0.05, 0.1) is 17.6 Å². The Kier molecular flexibility index (Phi) is 3.77. The second-order valence-electron chi connectivity index (χ2n) is 2.69. The smallest absolute Gasteiger partial charge is 0.287 e. The summed E-state index contributed by atoms with van der Waals surface area (Å²) in [6.45, 7) is -0.109. The van der Waals surface area contributed by atoms with Gasteiger partial charge in [0.1, 0.15) is 11.4 Å². The van der Waals surface area contributed by atoms with E-state index in [-0.39, 0.29) is 24.3 Å². The minimum absolute atomic E-state index is 0.109. The summed E-state index contributed by atoms with van der Waals surface area (Å²) in [6.07, 6.45) is 0.231. The van der Waals surface area contributed by atoms with Gasteiger partial charge in [-0.2, -0.15) is 0 Å². The van der Waals surface area contributed by atoms with Crippen LogP contribution in [-0.2, 0) is 0 Å². The van der Waals surface area contributed by atoms with Crippen LogP contribution in [0.2, 0.25) is 0 Å². The van der Waals surface area contributed by atoms with E-state index >= 15 is 0 Å². The number of aliphatic hydroxyl groups excluding tert-OH is 1. The zero-order valence-electron chi connectivity index (χ0n) is 7.74. The maximum absolute atomic E-state index is 12.7. The zero-order valence-corrected chi connectivity index (χ0v) is 7.74. The van der Waals surface area contributed by atoms with Crippen molar-refractivity contribution in [2.75, 3.05) is 6.61 Å². The van der Waals surface area contributed by atoms with Crippen molar-refractivity contribution >= 4 is 5.69 Å². The van der Waals surface area contributed by atoms with E-state index in [2.05, 4.69) is 11.8 Å². The topological polar surface area (TPSA) is 63.4 Å². The number of benzene rings is 1. The molecule has 0 aliphatic rings. The average Bonchev–Trinajstić information content (AvgIpc) is 2.20. The highest BCUT2D eigenvalue weighted by Gasteiger charge is 2.12. The van der Waals surface area contributed by atoms with Crippen molar-refractivity contribution in [2.24, 2.45) is 0 Å². The van der Waals surface area contributed by atoms with Crippen molar-refractivity contribution in [1.29, 1.82) is 0 Å². The molecular weight excluding hydrogens is 201 g/mol. The van der Waals surface area contributed by atoms with Gasteiger partial charge in [-0.1, -0.05) is 11.8 Å². The molecule has 1 N–H and O–H groups in total. The van der Waals surface area contributed by atoms with Crippen LogP contribution in [0.3, 0.4) is 0 Å². The molecule has 0 aromatic heterocycles. The fourth-order valence-corrected chi connectivity index (χ4v) is 0.975. The molecule has 0 atom stereocenters. The molecule has 0 unspecified atom stereocenters. The molecule has 0 aliphatic heterocycles. The third kappa shape index (κ3) is 3.04. The van der Waals surface area contributed by atoms with Crippen molar-refractivity contribution in [3.63, 3.8) is 0 Å². The highest BCUT2D eigenvalue weighted by Crippen LogP contribution is 2.18. The summed E-state index contributed by atoms with van der Waals surface area (Å²) in [7, 11) is 0. The van der Waals surface area contributed by atoms with E-state index in [4.69, 9.17) is 5.11 Å². The van der Waals surface area contributed by atoms with Gasteiger partial charge in [-0.15, -0.1) is 0 Å². The quantitative estimate of drug-likeness (QED) is 0.455. The Morgan fingerprint density at radius 3 is 2.87 bits per heavy atom. The molecule has 5 heteroatoms. The molecule has 15 heavy (non-hydrogen) atoms. The summed E-state index contributed by atoms with van der Waals surface area (Å²) < 4.78 is 12.7. The standard InChI is InChI=1S/C10H8FNO3/c11-9-5-4-8(3-1-2-6-13)10(7-9)12(14)15/h4-5,7,13H,2,6H2. The molecule has 0 bridgehead atoms. The van der Waals surface area contributed by atoms with E-state index in [1.54, 1.807) is 0 Å². The first-order chi connectivity index (χ1) is 7.15. The molecule has 0 fully saturated rings. The number of nitro groups is 1. The van der Waals surface area contributed by atoms with Crippen molar-refractivity contribution in [3.8, 4) is 11.8 Å². The Hall–Kier alpha value is -1.93. The predicted octanol–water partition coefficient (Wildman–Crippen LogP) is 1.47. The van der Waals surface area contributed by atoms with Gasteiger partial charge in [0.2, 0.25) is 0 Å². The van der Waals surface area contributed by atoms with Gasteiger partial charge in [0.15, 0.2) is 0 Å². The Bertz CT molecular complexity index is 434. The number of nitro benzene ring substituents is 1. The first kappa shape index (κ1) is 11.1. The number of hydrogen-bond acceptors (Lipinski definition) is 3. The highest BCUT2D eigenvalue weighted by molar-refractivity contribution is 5.50. The van der Waals surface area contributed by atoms with E-state index in [0.29, 0.717) is 0 Å². The van der Waals surface area contributed by atoms with Crippen molar-refractivity contribution in [2.45, 2.75) is 6.42 Å². The third-order valence-corrected chi connectivity index (χ3v) is 1.62. The highest BCUT2D eigenvalue weighted by atomic mass is 19.1. The van der Waals surface area contributed by atoms with Crippen LogP contribution < -0.4 is 0 Å². The third-order valence-electron chi connectivity index (χ3n) is 1.62. The molecule has 0 spiro atoms. The maximum atomic E-state index is 12.7. The van der Waals surface area contributed by atoms with E-state index in [0.717, 1.165) is 12.1 Å². The minimum atomic E-state index is -0.688. The molecule has 4 nitrogen and oxygen atoms in total. The maximum Gasteiger partial charge on any atom is 0.287 e. The summed E-state index contributed by atoms with van der Waals surface area (Å²) in [5, 5.41) is 19.0. The summed E-state index contributed by atoms with van der Waals surface area (Å²) in [4.78, 5) is 9.84. The van der Waals surface area contributed by atoms with Crippen LogP contribution in [0.25, 0.3) is 0 Å². The lowest BCUT2D eigenvalue weighted by molar-refractivity contribution is -0.385. The molecule has 0 amide bonds. The second kappa shape index (κ2) is 5.08. The Morgan fingerprint density at radius 2 is 2.27 bits per heavy atom. The lowest BCUT2D eigenvalue weighted by Gasteiger charge is -1.94. The lowest BCUT2D eigenvalue weighted by Crippen LogP contribution is -1.93. The molecule has 1 rings (SSSR count). The van der Waals surface area contributed by atoms with E-state index in [9.17, 15) is 14.5 Å². The molecule has 1 aromatic carbocycles. The number of hydrogen-bond donors (Lipinski definition) is 1. The van der Waals surface area contributed by atoms with E-state index < -0.39 is 10.7 Å². The molecule has 0 heterocycles. The van der Waals surface area contributed by atoms with Gasteiger partial charge in [0, 0.05) is 6.42 Å². The molecule has 0 aliphatic carbocycles. The minimum Gasteiger partial charge on any atom is -0.395 e. The summed E-state index contributed by atoms with van der Waals surface area (Å²) in [5.74, 6) is 4.37. The largest absolute Gasteiger partial charge is 0.395 e. The van der Waals surface area contributed by atoms with Gasteiger partial charge < -0.3 is 5.11 Å². The average molecular weight is 209 g/mol. The Labute approximate surface area is 85.5 Å². The number of rotatable bonds is 2. The zero-order chi connectivity index (χ0) is 11.3. The fourth-order valence-electron chi connectivity index (χ4n) is 0.975. The van der Waals surface area contributed by atoms with Gasteiger partial charge in [0.25, 0.3) is 5.69 Å². The normalized spacial score (nSPS) is 9.20. The molecule has 78 valence electrons. The SMILES string of the molecule is O=[N+]([O-])c1cc(F)ccc1C#CCCO. The van der Waals surface area contributed by atoms with Crippen molar-refractivity contribution in [1.82, 2.24) is 0 Å². The lowest BCUT2D eigenvalue weighted by atomic mass is 10.2. The van der Waals surface area contributed by atoms with Crippen LogP contribution in [0.1, 0.15) is 12.0 Å². The Balaban J connectivity index is 3.08. The second-order valence-corrected chi connectivity index (χ2v) is 2.69. The van der Waals surface area contributed by atoms with Crippen molar-refractivity contribution < 1.29 is 14.4 Å². The Morgan fingerprint density at radius 1 is 1.53 bits per heavy atom. The molecule has 0 saturated carbocycles. The predicted molar refractivity (Wildman–Crippen MR) is 51.6 cm³/mol. The number of aliphatic hydroxyl groups is 1. The summed E-state index contributed by atoms with van der Waals surface area (Å²) >= 11 is 0. The van der Waals surface area contributed by atoms with Crippen LogP contribution in [0.4, 0.5) is 10.1 Å².